The highest BCUT2D eigenvalue weighted by Gasteiger charge is 2.32. The molecule has 6 nitrogen and oxygen atoms in total. The Kier molecular flexibility index (Phi) is 4.22. The molecule has 146 valence electrons. The molecule has 0 aromatic heterocycles. The van der Waals surface area contributed by atoms with Crippen LogP contribution in [0, 0.1) is 11.3 Å². The van der Waals surface area contributed by atoms with E-state index in [0.29, 0.717) is 16.9 Å². The minimum Gasteiger partial charge on any atom is -0.448 e. The smallest absolute Gasteiger partial charge is 0.414 e. The van der Waals surface area contributed by atoms with E-state index in [9.17, 15) is 14.9 Å². The lowest BCUT2D eigenvalue weighted by molar-refractivity contribution is -0.115. The summed E-state index contributed by atoms with van der Waals surface area (Å²) in [4.78, 5) is 26.3. The van der Waals surface area contributed by atoms with Crippen molar-refractivity contribution < 1.29 is 14.3 Å². The Labute approximate surface area is 173 Å². The van der Waals surface area contributed by atoms with Gasteiger partial charge in [0.25, 0.3) is 0 Å². The van der Waals surface area contributed by atoms with Crippen LogP contribution in [0.4, 0.5) is 16.2 Å². The molecule has 5 rings (SSSR count). The third-order valence-electron chi connectivity index (χ3n) is 5.55. The first-order chi connectivity index (χ1) is 14.7. The first-order valence-corrected chi connectivity index (χ1v) is 9.62. The minimum absolute atomic E-state index is 0.0649. The van der Waals surface area contributed by atoms with E-state index in [1.54, 1.807) is 18.2 Å². The predicted octanol–water partition coefficient (Wildman–Crippen LogP) is 4.27. The average molecular weight is 395 g/mol. The molecule has 2 amide bonds. The van der Waals surface area contributed by atoms with E-state index in [0.717, 1.165) is 22.3 Å². The number of nitrogens with one attached hydrogen (secondary N) is 1. The summed E-state index contributed by atoms with van der Waals surface area (Å²) in [7, 11) is 0. The van der Waals surface area contributed by atoms with Gasteiger partial charge in [0.05, 0.1) is 23.0 Å². The molecule has 1 aliphatic carbocycles. The average Bonchev–Trinajstić information content (AvgIpc) is 3.10. The predicted molar refractivity (Wildman–Crippen MR) is 112 cm³/mol. The first kappa shape index (κ1) is 18.0. The number of nitriles is 1. The maximum absolute atomic E-state index is 12.9. The van der Waals surface area contributed by atoms with Gasteiger partial charge in [-0.15, -0.1) is 0 Å². The number of nitrogens with zero attached hydrogens (tertiary/aromatic N) is 2. The monoisotopic (exact) mass is 395 g/mol. The lowest BCUT2D eigenvalue weighted by Gasteiger charge is -2.29. The summed E-state index contributed by atoms with van der Waals surface area (Å²) in [6, 6.07) is 23.1. The molecule has 2 aliphatic rings. The van der Waals surface area contributed by atoms with Gasteiger partial charge < -0.3 is 10.1 Å². The zero-order valence-electron chi connectivity index (χ0n) is 16.0. The normalized spacial score (nSPS) is 14.2. The number of benzene rings is 3. The van der Waals surface area contributed by atoms with Gasteiger partial charge in [-0.2, -0.15) is 5.26 Å². The van der Waals surface area contributed by atoms with E-state index in [1.807, 2.05) is 24.3 Å². The highest BCUT2D eigenvalue weighted by atomic mass is 16.6. The van der Waals surface area contributed by atoms with E-state index in [4.69, 9.17) is 4.74 Å². The van der Waals surface area contributed by atoms with E-state index in [1.165, 1.54) is 4.90 Å². The molecule has 1 N–H and O–H groups in total. The molecule has 0 radical (unpaired) electrons. The van der Waals surface area contributed by atoms with Gasteiger partial charge >= 0.3 is 6.09 Å². The number of ether oxygens (including phenoxy) is 1. The van der Waals surface area contributed by atoms with E-state index >= 15 is 0 Å². The van der Waals surface area contributed by atoms with Gasteiger partial charge in [0, 0.05) is 5.92 Å². The molecule has 3 aromatic rings. The Bertz CT molecular complexity index is 1180. The van der Waals surface area contributed by atoms with Crippen molar-refractivity contribution in [2.75, 3.05) is 23.4 Å². The molecule has 0 unspecified atom stereocenters. The molecule has 3 aromatic carbocycles. The second kappa shape index (κ2) is 7.05. The molecule has 0 saturated carbocycles. The number of amides is 2. The fourth-order valence-electron chi connectivity index (χ4n) is 4.18. The number of anilines is 2. The van der Waals surface area contributed by atoms with Gasteiger partial charge in [-0.1, -0.05) is 48.5 Å². The third-order valence-corrected chi connectivity index (χ3v) is 5.55. The molecule has 0 bridgehead atoms. The molecule has 0 fully saturated rings. The summed E-state index contributed by atoms with van der Waals surface area (Å²) in [6.07, 6.45) is -0.608. The number of fused-ring (bicyclic) bond motifs is 4. The van der Waals surface area contributed by atoms with Gasteiger partial charge in [-0.25, -0.2) is 4.79 Å². The molecule has 1 heterocycles. The number of rotatable bonds is 2. The van der Waals surface area contributed by atoms with Crippen molar-refractivity contribution in [2.45, 2.75) is 5.92 Å². The van der Waals surface area contributed by atoms with Crippen molar-refractivity contribution in [3.05, 3.63) is 83.4 Å². The van der Waals surface area contributed by atoms with Crippen molar-refractivity contribution in [2.24, 2.45) is 0 Å². The van der Waals surface area contributed by atoms with Crippen LogP contribution in [-0.4, -0.2) is 25.2 Å². The summed E-state index contributed by atoms with van der Waals surface area (Å²) >= 11 is 0. The second-order valence-corrected chi connectivity index (χ2v) is 7.28. The molecular weight excluding hydrogens is 378 g/mol. The Morgan fingerprint density at radius 3 is 2.40 bits per heavy atom. The molecular formula is C24H17N3O3. The SMILES string of the molecule is N#Cc1ccc2c(c1)N(C(=O)OCC1c3ccccc3-c3ccccc31)CC(=O)N2. The van der Waals surface area contributed by atoms with Crippen LogP contribution in [-0.2, 0) is 9.53 Å². The lowest BCUT2D eigenvalue weighted by atomic mass is 9.98. The quantitative estimate of drug-likeness (QED) is 0.703. The second-order valence-electron chi connectivity index (χ2n) is 7.28. The summed E-state index contributed by atoms with van der Waals surface area (Å²) in [5.74, 6) is -0.370. The van der Waals surface area contributed by atoms with Crippen LogP contribution in [0.1, 0.15) is 22.6 Å². The van der Waals surface area contributed by atoms with Gasteiger partial charge in [-0.05, 0) is 40.5 Å². The summed E-state index contributed by atoms with van der Waals surface area (Å²) in [5.41, 5.74) is 5.89. The number of hydrogen-bond donors (Lipinski definition) is 1. The number of carbonyl (C=O) groups is 2. The topological polar surface area (TPSA) is 82.4 Å². The van der Waals surface area contributed by atoms with Crippen molar-refractivity contribution in [1.29, 1.82) is 5.26 Å². The molecule has 0 atom stereocenters. The molecule has 6 heteroatoms. The summed E-state index contributed by atoms with van der Waals surface area (Å²) in [5, 5.41) is 11.9. The summed E-state index contributed by atoms with van der Waals surface area (Å²) < 4.78 is 5.68. The fourth-order valence-corrected chi connectivity index (χ4v) is 4.18. The Hall–Kier alpha value is -4.11. The molecule has 0 spiro atoms. The minimum atomic E-state index is -0.608. The van der Waals surface area contributed by atoms with Crippen molar-refractivity contribution in [3.8, 4) is 17.2 Å². The maximum atomic E-state index is 12.9. The maximum Gasteiger partial charge on any atom is 0.414 e. The van der Waals surface area contributed by atoms with E-state index in [-0.39, 0.29) is 25.0 Å². The first-order valence-electron chi connectivity index (χ1n) is 9.62. The van der Waals surface area contributed by atoms with Crippen molar-refractivity contribution >= 4 is 23.4 Å². The molecule has 0 saturated heterocycles. The van der Waals surface area contributed by atoms with Crippen LogP contribution in [0.2, 0.25) is 0 Å². The Balaban J connectivity index is 1.41. The third kappa shape index (κ3) is 2.88. The van der Waals surface area contributed by atoms with Gasteiger partial charge in [0.1, 0.15) is 13.2 Å². The zero-order valence-corrected chi connectivity index (χ0v) is 16.0. The summed E-state index contributed by atoms with van der Waals surface area (Å²) in [6.45, 7) is 0.0107. The van der Waals surface area contributed by atoms with Gasteiger partial charge in [-0.3, -0.25) is 9.69 Å². The fraction of sp³-hybridized carbons (Fsp3) is 0.125. The van der Waals surface area contributed by atoms with E-state index < -0.39 is 6.09 Å². The van der Waals surface area contributed by atoms with Crippen LogP contribution < -0.4 is 10.2 Å². The largest absolute Gasteiger partial charge is 0.448 e. The Morgan fingerprint density at radius 2 is 1.73 bits per heavy atom. The van der Waals surface area contributed by atoms with Gasteiger partial charge in [0.15, 0.2) is 0 Å². The van der Waals surface area contributed by atoms with Crippen LogP contribution in [0.15, 0.2) is 66.7 Å². The number of carbonyl (C=O) groups excluding carboxylic acids is 2. The highest BCUT2D eigenvalue weighted by Crippen LogP contribution is 2.44. The highest BCUT2D eigenvalue weighted by molar-refractivity contribution is 6.08. The van der Waals surface area contributed by atoms with Crippen LogP contribution in [0.25, 0.3) is 11.1 Å². The lowest BCUT2D eigenvalue weighted by Crippen LogP contribution is -2.42. The zero-order chi connectivity index (χ0) is 20.7. The van der Waals surface area contributed by atoms with Crippen molar-refractivity contribution in [1.82, 2.24) is 0 Å². The standard InChI is InChI=1S/C24H17N3O3/c25-12-15-9-10-21-22(11-15)27(13-23(28)26-21)24(29)30-14-20-18-7-3-1-5-16(18)17-6-2-4-8-19(17)20/h1-11,20H,13-14H2,(H,26,28). The van der Waals surface area contributed by atoms with Gasteiger partial charge in [0.2, 0.25) is 5.91 Å². The van der Waals surface area contributed by atoms with Crippen LogP contribution in [0.3, 0.4) is 0 Å². The number of hydrogen-bond acceptors (Lipinski definition) is 4. The molecule has 1 aliphatic heterocycles. The Morgan fingerprint density at radius 1 is 1.07 bits per heavy atom. The molecule has 30 heavy (non-hydrogen) atoms. The van der Waals surface area contributed by atoms with Crippen LogP contribution >= 0.6 is 0 Å². The van der Waals surface area contributed by atoms with Crippen molar-refractivity contribution in [3.63, 3.8) is 0 Å². The van der Waals surface area contributed by atoms with Crippen LogP contribution in [0.5, 0.6) is 0 Å². The van der Waals surface area contributed by atoms with E-state index in [2.05, 4.69) is 35.7 Å².